The number of thioether (sulfide) groups is 1. The quantitative estimate of drug-likeness (QED) is 0.757. The van der Waals surface area contributed by atoms with Crippen molar-refractivity contribution in [3.8, 4) is 11.4 Å². The van der Waals surface area contributed by atoms with Gasteiger partial charge in [0, 0.05) is 36.6 Å². The first kappa shape index (κ1) is 17.8. The van der Waals surface area contributed by atoms with E-state index in [2.05, 4.69) is 15.0 Å². The summed E-state index contributed by atoms with van der Waals surface area (Å²) < 4.78 is 10.4. The molecule has 1 amide bonds. The summed E-state index contributed by atoms with van der Waals surface area (Å²) in [5, 5.41) is 4.07. The molecule has 1 aromatic heterocycles. The second kappa shape index (κ2) is 8.35. The molecule has 0 aliphatic carbocycles. The molecule has 1 aliphatic heterocycles. The van der Waals surface area contributed by atoms with E-state index < -0.39 is 0 Å². The summed E-state index contributed by atoms with van der Waals surface area (Å²) in [6.07, 6.45) is 1.80. The summed E-state index contributed by atoms with van der Waals surface area (Å²) in [5.41, 5.74) is 0.944. The number of carbonyl (C=O) groups excluding carboxylic acids is 1. The van der Waals surface area contributed by atoms with Crippen molar-refractivity contribution in [2.24, 2.45) is 0 Å². The van der Waals surface area contributed by atoms with Crippen LogP contribution in [0.25, 0.3) is 11.4 Å². The van der Waals surface area contributed by atoms with Crippen LogP contribution in [-0.2, 0) is 11.3 Å². The van der Waals surface area contributed by atoms with Gasteiger partial charge in [-0.05, 0) is 37.4 Å². The Hall–Kier alpha value is -2.06. The summed E-state index contributed by atoms with van der Waals surface area (Å²) in [5.74, 6) is 1.20. The highest BCUT2D eigenvalue weighted by Gasteiger charge is 2.23. The maximum Gasteiger partial charge on any atom is 0.409 e. The monoisotopic (exact) mass is 362 g/mol. The van der Waals surface area contributed by atoms with Gasteiger partial charge in [0.2, 0.25) is 11.7 Å². The van der Waals surface area contributed by atoms with E-state index in [0.717, 1.165) is 18.7 Å². The summed E-state index contributed by atoms with van der Waals surface area (Å²) >= 11 is 1.70. The Kier molecular flexibility index (Phi) is 5.93. The van der Waals surface area contributed by atoms with Crippen LogP contribution in [0.5, 0.6) is 0 Å². The SMILES string of the molecule is CCOC(=O)N1CCN(Cc2nc(-c3ccc(SC)cc3)no2)CC1. The summed E-state index contributed by atoms with van der Waals surface area (Å²) in [4.78, 5) is 21.3. The van der Waals surface area contributed by atoms with E-state index in [4.69, 9.17) is 9.26 Å². The fourth-order valence-electron chi connectivity index (χ4n) is 2.67. The molecule has 3 rings (SSSR count). The Morgan fingerprint density at radius 1 is 1.24 bits per heavy atom. The summed E-state index contributed by atoms with van der Waals surface area (Å²) in [6.45, 7) is 5.63. The third kappa shape index (κ3) is 4.52. The van der Waals surface area contributed by atoms with Gasteiger partial charge in [0.15, 0.2) is 0 Å². The molecule has 2 aromatic rings. The van der Waals surface area contributed by atoms with Crippen molar-refractivity contribution >= 4 is 17.9 Å². The van der Waals surface area contributed by atoms with Gasteiger partial charge in [0.1, 0.15) is 0 Å². The van der Waals surface area contributed by atoms with E-state index in [0.29, 0.717) is 38.0 Å². The van der Waals surface area contributed by atoms with Gasteiger partial charge in [-0.25, -0.2) is 4.79 Å². The van der Waals surface area contributed by atoms with Crippen molar-refractivity contribution in [3.05, 3.63) is 30.2 Å². The van der Waals surface area contributed by atoms with E-state index in [-0.39, 0.29) is 6.09 Å². The second-order valence-electron chi connectivity index (χ2n) is 5.70. The molecule has 0 radical (unpaired) electrons. The fourth-order valence-corrected chi connectivity index (χ4v) is 3.08. The van der Waals surface area contributed by atoms with Crippen LogP contribution < -0.4 is 0 Å². The number of rotatable bonds is 5. The van der Waals surface area contributed by atoms with Crippen LogP contribution in [0.3, 0.4) is 0 Å². The van der Waals surface area contributed by atoms with Crippen molar-refractivity contribution in [1.29, 1.82) is 0 Å². The van der Waals surface area contributed by atoms with Crippen molar-refractivity contribution in [2.45, 2.75) is 18.4 Å². The molecule has 0 atom stereocenters. The third-order valence-corrected chi connectivity index (χ3v) is 4.82. The van der Waals surface area contributed by atoms with Crippen LogP contribution in [-0.4, -0.2) is 65.1 Å². The molecule has 134 valence electrons. The predicted octanol–water partition coefficient (Wildman–Crippen LogP) is 2.73. The molecule has 7 nitrogen and oxygen atoms in total. The molecule has 0 bridgehead atoms. The normalized spacial score (nSPS) is 15.4. The number of piperazine rings is 1. The minimum atomic E-state index is -0.240. The lowest BCUT2D eigenvalue weighted by molar-refractivity contribution is 0.0749. The van der Waals surface area contributed by atoms with Gasteiger partial charge in [-0.2, -0.15) is 4.98 Å². The lowest BCUT2D eigenvalue weighted by atomic mass is 10.2. The molecule has 0 unspecified atom stereocenters. The molecule has 0 spiro atoms. The van der Waals surface area contributed by atoms with Gasteiger partial charge in [0.05, 0.1) is 13.2 Å². The molecular weight excluding hydrogens is 340 g/mol. The van der Waals surface area contributed by atoms with Gasteiger partial charge in [-0.1, -0.05) is 5.16 Å². The third-order valence-electron chi connectivity index (χ3n) is 4.07. The summed E-state index contributed by atoms with van der Waals surface area (Å²) in [7, 11) is 0. The Labute approximate surface area is 151 Å². The van der Waals surface area contributed by atoms with Crippen LogP contribution >= 0.6 is 11.8 Å². The maximum absolute atomic E-state index is 11.7. The highest BCUT2D eigenvalue weighted by Crippen LogP contribution is 2.21. The Morgan fingerprint density at radius 2 is 1.96 bits per heavy atom. The van der Waals surface area contributed by atoms with Crippen LogP contribution in [0.2, 0.25) is 0 Å². The zero-order valence-electron chi connectivity index (χ0n) is 14.5. The number of nitrogens with zero attached hydrogens (tertiary/aromatic N) is 4. The molecule has 8 heteroatoms. The highest BCUT2D eigenvalue weighted by atomic mass is 32.2. The van der Waals surface area contributed by atoms with Crippen molar-refractivity contribution < 1.29 is 14.1 Å². The number of ether oxygens (including phenoxy) is 1. The zero-order valence-corrected chi connectivity index (χ0v) is 15.3. The zero-order chi connectivity index (χ0) is 17.6. The maximum atomic E-state index is 11.7. The van der Waals surface area contributed by atoms with Crippen molar-refractivity contribution in [2.75, 3.05) is 39.0 Å². The number of carbonyl (C=O) groups is 1. The first-order valence-corrected chi connectivity index (χ1v) is 9.53. The average Bonchev–Trinajstić information content (AvgIpc) is 3.11. The molecular formula is C17H22N4O3S. The van der Waals surface area contributed by atoms with Crippen LogP contribution in [0, 0.1) is 0 Å². The van der Waals surface area contributed by atoms with E-state index in [1.807, 2.05) is 37.4 Å². The largest absolute Gasteiger partial charge is 0.450 e. The second-order valence-corrected chi connectivity index (χ2v) is 6.58. The van der Waals surface area contributed by atoms with Crippen molar-refractivity contribution in [3.63, 3.8) is 0 Å². The van der Waals surface area contributed by atoms with Crippen LogP contribution in [0.4, 0.5) is 4.79 Å². The van der Waals surface area contributed by atoms with Crippen LogP contribution in [0.15, 0.2) is 33.7 Å². The standard InChI is InChI=1S/C17H22N4O3S/c1-3-23-17(22)21-10-8-20(9-11-21)12-15-18-16(19-24-15)13-4-6-14(25-2)7-5-13/h4-7H,3,8-12H2,1-2H3. The molecule has 0 saturated carbocycles. The Morgan fingerprint density at radius 3 is 2.60 bits per heavy atom. The Bertz CT molecular complexity index is 696. The van der Waals surface area contributed by atoms with E-state index in [9.17, 15) is 4.79 Å². The lowest BCUT2D eigenvalue weighted by Crippen LogP contribution is -2.48. The number of hydrogen-bond donors (Lipinski definition) is 0. The number of benzene rings is 1. The Balaban J connectivity index is 1.54. The average molecular weight is 362 g/mol. The topological polar surface area (TPSA) is 71.7 Å². The van der Waals surface area contributed by atoms with Gasteiger partial charge < -0.3 is 14.2 Å². The molecule has 1 aliphatic rings. The van der Waals surface area contributed by atoms with Gasteiger partial charge in [-0.3, -0.25) is 4.90 Å². The first-order chi connectivity index (χ1) is 12.2. The molecule has 1 aromatic carbocycles. The highest BCUT2D eigenvalue weighted by molar-refractivity contribution is 7.98. The van der Waals surface area contributed by atoms with Gasteiger partial charge in [0.25, 0.3) is 0 Å². The summed E-state index contributed by atoms with van der Waals surface area (Å²) in [6, 6.07) is 8.09. The molecule has 25 heavy (non-hydrogen) atoms. The first-order valence-electron chi connectivity index (χ1n) is 8.30. The predicted molar refractivity (Wildman–Crippen MR) is 95.4 cm³/mol. The number of aromatic nitrogens is 2. The molecule has 1 saturated heterocycles. The minimum Gasteiger partial charge on any atom is -0.450 e. The van der Waals surface area contributed by atoms with Crippen LogP contribution in [0.1, 0.15) is 12.8 Å². The minimum absolute atomic E-state index is 0.240. The van der Waals surface area contributed by atoms with Gasteiger partial charge in [-0.15, -0.1) is 11.8 Å². The molecule has 0 N–H and O–H groups in total. The van der Waals surface area contributed by atoms with E-state index in [1.165, 1.54) is 4.90 Å². The fraction of sp³-hybridized carbons (Fsp3) is 0.471. The molecule has 1 fully saturated rings. The smallest absolute Gasteiger partial charge is 0.409 e. The lowest BCUT2D eigenvalue weighted by Gasteiger charge is -2.33. The number of hydrogen-bond acceptors (Lipinski definition) is 7. The number of amides is 1. The van der Waals surface area contributed by atoms with E-state index in [1.54, 1.807) is 16.7 Å². The van der Waals surface area contributed by atoms with Crippen molar-refractivity contribution in [1.82, 2.24) is 19.9 Å². The molecule has 2 heterocycles. The van der Waals surface area contributed by atoms with Gasteiger partial charge >= 0.3 is 6.09 Å². The van der Waals surface area contributed by atoms with E-state index >= 15 is 0 Å².